The highest BCUT2D eigenvalue weighted by Crippen LogP contribution is 2.39. The lowest BCUT2D eigenvalue weighted by atomic mass is 9.89. The minimum atomic E-state index is 0.0613. The van der Waals surface area contributed by atoms with Crippen LogP contribution in [0.3, 0.4) is 0 Å². The molecule has 0 saturated carbocycles. The van der Waals surface area contributed by atoms with Gasteiger partial charge in [0.05, 0.1) is 18.0 Å². The smallest absolute Gasteiger partial charge is 0.138 e. The van der Waals surface area contributed by atoms with Crippen molar-refractivity contribution in [1.29, 1.82) is 0 Å². The SMILES string of the molecule is CC[C@@H](CO)Nc1ncnc2sc3c(c12)CC[C@@H](C)C3. The van der Waals surface area contributed by atoms with Crippen LogP contribution in [0.15, 0.2) is 6.33 Å². The average molecular weight is 291 g/mol. The van der Waals surface area contributed by atoms with E-state index in [1.165, 1.54) is 22.2 Å². The maximum atomic E-state index is 9.38. The Morgan fingerprint density at radius 2 is 2.35 bits per heavy atom. The maximum Gasteiger partial charge on any atom is 0.138 e. The zero-order valence-corrected chi connectivity index (χ0v) is 12.8. The predicted molar refractivity (Wildman–Crippen MR) is 83.4 cm³/mol. The molecule has 1 aliphatic carbocycles. The van der Waals surface area contributed by atoms with Gasteiger partial charge in [-0.05, 0) is 37.2 Å². The minimum Gasteiger partial charge on any atom is -0.394 e. The lowest BCUT2D eigenvalue weighted by Crippen LogP contribution is -2.23. The molecular weight excluding hydrogens is 270 g/mol. The monoisotopic (exact) mass is 291 g/mol. The number of aromatic nitrogens is 2. The number of hydrogen-bond donors (Lipinski definition) is 2. The van der Waals surface area contributed by atoms with Gasteiger partial charge in [0.2, 0.25) is 0 Å². The van der Waals surface area contributed by atoms with Crippen molar-refractivity contribution in [3.8, 4) is 0 Å². The van der Waals surface area contributed by atoms with Gasteiger partial charge in [0, 0.05) is 4.88 Å². The molecule has 3 rings (SSSR count). The number of nitrogens with zero attached hydrogens (tertiary/aromatic N) is 2. The van der Waals surface area contributed by atoms with Gasteiger partial charge in [-0.1, -0.05) is 13.8 Å². The highest BCUT2D eigenvalue weighted by Gasteiger charge is 2.23. The first kappa shape index (κ1) is 13.8. The van der Waals surface area contributed by atoms with E-state index in [9.17, 15) is 5.11 Å². The summed E-state index contributed by atoms with van der Waals surface area (Å²) < 4.78 is 0. The normalized spacial score (nSPS) is 19.9. The molecule has 2 aromatic heterocycles. The van der Waals surface area contributed by atoms with Crippen LogP contribution in [0, 0.1) is 5.92 Å². The summed E-state index contributed by atoms with van der Waals surface area (Å²) in [6.45, 7) is 4.51. The minimum absolute atomic E-state index is 0.0613. The van der Waals surface area contributed by atoms with Crippen molar-refractivity contribution in [2.45, 2.75) is 45.6 Å². The molecule has 5 heteroatoms. The standard InChI is InChI=1S/C15H21N3OS/c1-3-10(7-19)18-14-13-11-5-4-9(2)6-12(11)20-15(13)17-8-16-14/h8-10,19H,3-7H2,1-2H3,(H,16,17,18)/t9-,10+/m1/s1. The third kappa shape index (κ3) is 2.40. The predicted octanol–water partition coefficient (Wildman–Crippen LogP) is 3.00. The Morgan fingerprint density at radius 3 is 3.10 bits per heavy atom. The molecule has 108 valence electrons. The molecule has 20 heavy (non-hydrogen) atoms. The third-order valence-corrected chi connectivity index (χ3v) is 5.31. The van der Waals surface area contributed by atoms with Crippen molar-refractivity contribution in [3.05, 3.63) is 16.8 Å². The van der Waals surface area contributed by atoms with E-state index in [4.69, 9.17) is 0 Å². The summed E-state index contributed by atoms with van der Waals surface area (Å²) in [6, 6.07) is 0.0613. The Bertz CT molecular complexity index is 606. The Kier molecular flexibility index (Phi) is 3.89. The van der Waals surface area contributed by atoms with E-state index in [0.29, 0.717) is 0 Å². The Morgan fingerprint density at radius 1 is 1.50 bits per heavy atom. The molecule has 0 aromatic carbocycles. The van der Waals surface area contributed by atoms with Crippen LogP contribution < -0.4 is 5.32 Å². The fourth-order valence-electron chi connectivity index (χ4n) is 2.85. The number of anilines is 1. The first-order valence-electron chi connectivity index (χ1n) is 7.35. The second-order valence-electron chi connectivity index (χ2n) is 5.69. The second kappa shape index (κ2) is 5.66. The molecule has 2 atom stereocenters. The zero-order chi connectivity index (χ0) is 14.1. The quantitative estimate of drug-likeness (QED) is 0.909. The molecule has 0 aliphatic heterocycles. The van der Waals surface area contributed by atoms with Gasteiger partial charge in [-0.3, -0.25) is 0 Å². The van der Waals surface area contributed by atoms with Crippen molar-refractivity contribution in [2.24, 2.45) is 5.92 Å². The van der Waals surface area contributed by atoms with E-state index < -0.39 is 0 Å². The Labute approximate surface area is 123 Å². The lowest BCUT2D eigenvalue weighted by Gasteiger charge is -2.19. The molecular formula is C15H21N3OS. The van der Waals surface area contributed by atoms with E-state index >= 15 is 0 Å². The van der Waals surface area contributed by atoms with Crippen molar-refractivity contribution >= 4 is 27.4 Å². The number of nitrogens with one attached hydrogen (secondary N) is 1. The van der Waals surface area contributed by atoms with Gasteiger partial charge in [0.15, 0.2) is 0 Å². The molecule has 0 bridgehead atoms. The van der Waals surface area contributed by atoms with E-state index in [1.54, 1.807) is 17.7 Å². The van der Waals surface area contributed by atoms with Crippen molar-refractivity contribution < 1.29 is 5.11 Å². The van der Waals surface area contributed by atoms with Crippen LogP contribution in [0.5, 0.6) is 0 Å². The zero-order valence-electron chi connectivity index (χ0n) is 12.0. The van der Waals surface area contributed by atoms with Gasteiger partial charge in [-0.15, -0.1) is 11.3 Å². The fourth-order valence-corrected chi connectivity index (χ4v) is 4.21. The maximum absolute atomic E-state index is 9.38. The van der Waals surface area contributed by atoms with Crippen LogP contribution in [0.2, 0.25) is 0 Å². The van der Waals surface area contributed by atoms with Crippen LogP contribution in [-0.4, -0.2) is 27.7 Å². The van der Waals surface area contributed by atoms with Crippen LogP contribution in [0.1, 0.15) is 37.1 Å². The summed E-state index contributed by atoms with van der Waals surface area (Å²) in [5, 5.41) is 13.9. The molecule has 0 amide bonds. The lowest BCUT2D eigenvalue weighted by molar-refractivity contribution is 0.271. The number of rotatable bonds is 4. The number of aliphatic hydroxyl groups excluding tert-OH is 1. The summed E-state index contributed by atoms with van der Waals surface area (Å²) in [7, 11) is 0. The van der Waals surface area contributed by atoms with Crippen LogP contribution in [0.25, 0.3) is 10.2 Å². The Hall–Kier alpha value is -1.20. The van der Waals surface area contributed by atoms with Gasteiger partial charge in [0.25, 0.3) is 0 Å². The molecule has 2 N–H and O–H groups in total. The Balaban J connectivity index is 2.05. The van der Waals surface area contributed by atoms with Crippen LogP contribution >= 0.6 is 11.3 Å². The second-order valence-corrected chi connectivity index (χ2v) is 6.77. The number of thiophene rings is 1. The molecule has 4 nitrogen and oxygen atoms in total. The average Bonchev–Trinajstić information content (AvgIpc) is 2.82. The fraction of sp³-hybridized carbons (Fsp3) is 0.600. The highest BCUT2D eigenvalue weighted by molar-refractivity contribution is 7.19. The van der Waals surface area contributed by atoms with Crippen molar-refractivity contribution in [1.82, 2.24) is 9.97 Å². The summed E-state index contributed by atoms with van der Waals surface area (Å²) in [5.74, 6) is 1.66. The summed E-state index contributed by atoms with van der Waals surface area (Å²) in [4.78, 5) is 11.4. The van der Waals surface area contributed by atoms with Crippen molar-refractivity contribution in [2.75, 3.05) is 11.9 Å². The van der Waals surface area contributed by atoms with Gasteiger partial charge in [-0.25, -0.2) is 9.97 Å². The van der Waals surface area contributed by atoms with Crippen molar-refractivity contribution in [3.63, 3.8) is 0 Å². The molecule has 0 spiro atoms. The highest BCUT2D eigenvalue weighted by atomic mass is 32.1. The first-order chi connectivity index (χ1) is 9.72. The molecule has 2 aromatic rings. The summed E-state index contributed by atoms with van der Waals surface area (Å²) in [6.07, 6.45) is 6.03. The largest absolute Gasteiger partial charge is 0.394 e. The first-order valence-corrected chi connectivity index (χ1v) is 8.17. The summed E-state index contributed by atoms with van der Waals surface area (Å²) >= 11 is 1.81. The van der Waals surface area contributed by atoms with Crippen LogP contribution in [0.4, 0.5) is 5.82 Å². The topological polar surface area (TPSA) is 58.0 Å². The number of hydrogen-bond acceptors (Lipinski definition) is 5. The van der Waals surface area contributed by atoms with Gasteiger partial charge >= 0.3 is 0 Å². The van der Waals surface area contributed by atoms with E-state index in [-0.39, 0.29) is 12.6 Å². The van der Waals surface area contributed by atoms with Gasteiger partial charge < -0.3 is 10.4 Å². The molecule has 1 aliphatic rings. The van der Waals surface area contributed by atoms with Crippen LogP contribution in [-0.2, 0) is 12.8 Å². The molecule has 0 unspecified atom stereocenters. The number of fused-ring (bicyclic) bond motifs is 3. The van der Waals surface area contributed by atoms with Gasteiger partial charge in [0.1, 0.15) is 17.0 Å². The van der Waals surface area contributed by atoms with Gasteiger partial charge in [-0.2, -0.15) is 0 Å². The number of aliphatic hydroxyl groups is 1. The molecule has 0 fully saturated rings. The van der Waals surface area contributed by atoms with E-state index in [0.717, 1.165) is 35.8 Å². The third-order valence-electron chi connectivity index (χ3n) is 4.15. The molecule has 0 saturated heterocycles. The molecule has 2 heterocycles. The summed E-state index contributed by atoms with van der Waals surface area (Å²) in [5.41, 5.74) is 1.43. The molecule has 0 radical (unpaired) electrons. The van der Waals surface area contributed by atoms with E-state index in [2.05, 4.69) is 29.1 Å². The van der Waals surface area contributed by atoms with E-state index in [1.807, 2.05) is 0 Å². The number of aryl methyl sites for hydroxylation is 1.